The van der Waals surface area contributed by atoms with Crippen LogP contribution in [0.2, 0.25) is 0 Å². The van der Waals surface area contributed by atoms with Gasteiger partial charge in [-0.15, -0.1) is 0 Å². The van der Waals surface area contributed by atoms with E-state index in [1.807, 2.05) is 0 Å². The number of fused-ring (bicyclic) bond motifs is 1. The average molecular weight is 358 g/mol. The molecule has 3 nitrogen and oxygen atoms in total. The van der Waals surface area contributed by atoms with E-state index in [4.69, 9.17) is 5.73 Å². The van der Waals surface area contributed by atoms with Gasteiger partial charge in [-0.3, -0.25) is 0 Å². The number of halogens is 4. The van der Waals surface area contributed by atoms with Crippen molar-refractivity contribution in [1.82, 2.24) is 9.97 Å². The molecule has 3 rings (SSSR count). The molecule has 21 heavy (non-hydrogen) atoms. The van der Waals surface area contributed by atoms with Crippen LogP contribution in [0.3, 0.4) is 0 Å². The van der Waals surface area contributed by atoms with E-state index in [0.717, 1.165) is 36.6 Å². The number of alkyl halides is 3. The van der Waals surface area contributed by atoms with Crippen molar-refractivity contribution in [3.63, 3.8) is 0 Å². The van der Waals surface area contributed by atoms with E-state index < -0.39 is 11.7 Å². The largest absolute Gasteiger partial charge is 0.417 e. The first kappa shape index (κ1) is 14.3. The molecule has 0 radical (unpaired) electrons. The lowest BCUT2D eigenvalue weighted by molar-refractivity contribution is -0.137. The van der Waals surface area contributed by atoms with Gasteiger partial charge >= 0.3 is 6.18 Å². The fourth-order valence-corrected chi connectivity index (χ4v) is 2.89. The van der Waals surface area contributed by atoms with Crippen molar-refractivity contribution in [3.05, 3.63) is 39.5 Å². The van der Waals surface area contributed by atoms with Gasteiger partial charge in [0.25, 0.3) is 0 Å². The van der Waals surface area contributed by atoms with Gasteiger partial charge in [-0.1, -0.05) is 15.9 Å². The molecule has 0 atom stereocenters. The van der Waals surface area contributed by atoms with Crippen molar-refractivity contribution in [2.24, 2.45) is 0 Å². The van der Waals surface area contributed by atoms with Crippen molar-refractivity contribution in [1.29, 1.82) is 0 Å². The minimum Gasteiger partial charge on any atom is -0.383 e. The second-order valence-corrected chi connectivity index (χ2v) is 5.81. The minimum atomic E-state index is -4.48. The second-order valence-electron chi connectivity index (χ2n) is 4.90. The van der Waals surface area contributed by atoms with Crippen molar-refractivity contribution in [2.45, 2.75) is 25.4 Å². The van der Waals surface area contributed by atoms with Crippen molar-refractivity contribution < 1.29 is 13.2 Å². The third-order valence-electron chi connectivity index (χ3n) is 3.49. The fourth-order valence-electron chi connectivity index (χ4n) is 2.53. The first-order chi connectivity index (χ1) is 9.86. The van der Waals surface area contributed by atoms with Crippen LogP contribution in [0.1, 0.15) is 23.2 Å². The number of nitrogens with two attached hydrogens (primary N) is 1. The lowest BCUT2D eigenvalue weighted by Crippen LogP contribution is -2.10. The van der Waals surface area contributed by atoms with Gasteiger partial charge in [-0.05, 0) is 37.5 Å². The van der Waals surface area contributed by atoms with Crippen molar-refractivity contribution in [2.75, 3.05) is 5.73 Å². The number of nitrogens with zero attached hydrogens (tertiary/aromatic N) is 2. The van der Waals surface area contributed by atoms with Gasteiger partial charge in [-0.25, -0.2) is 9.97 Å². The highest BCUT2D eigenvalue weighted by atomic mass is 79.9. The standard InChI is InChI=1S/C14H11BrF3N3/c15-7-4-5-8(10(6-7)14(16,17)18)13-20-11-3-1-2-9(11)12(19)21-13/h4-6H,1-3H2,(H2,19,20,21). The smallest absolute Gasteiger partial charge is 0.383 e. The van der Waals surface area contributed by atoms with Gasteiger partial charge < -0.3 is 5.73 Å². The van der Waals surface area contributed by atoms with E-state index >= 15 is 0 Å². The summed E-state index contributed by atoms with van der Waals surface area (Å²) in [5, 5.41) is 0. The predicted molar refractivity (Wildman–Crippen MR) is 76.6 cm³/mol. The quantitative estimate of drug-likeness (QED) is 0.839. The monoisotopic (exact) mass is 357 g/mol. The van der Waals surface area contributed by atoms with E-state index in [2.05, 4.69) is 25.9 Å². The zero-order valence-electron chi connectivity index (χ0n) is 10.8. The number of aromatic nitrogens is 2. The third kappa shape index (κ3) is 2.62. The van der Waals surface area contributed by atoms with Crippen LogP contribution in [-0.4, -0.2) is 9.97 Å². The normalized spacial score (nSPS) is 14.3. The van der Waals surface area contributed by atoms with Crippen LogP contribution in [-0.2, 0) is 19.0 Å². The molecule has 7 heteroatoms. The maximum atomic E-state index is 13.2. The minimum absolute atomic E-state index is 0.0352. The molecule has 0 saturated heterocycles. The molecule has 1 aliphatic rings. The lowest BCUT2D eigenvalue weighted by atomic mass is 10.1. The molecule has 2 N–H and O–H groups in total. The maximum absolute atomic E-state index is 13.2. The van der Waals surface area contributed by atoms with Gasteiger partial charge in [0.15, 0.2) is 5.82 Å². The Hall–Kier alpha value is -1.63. The molecule has 0 spiro atoms. The topological polar surface area (TPSA) is 51.8 Å². The fraction of sp³-hybridized carbons (Fsp3) is 0.286. The Balaban J connectivity index is 2.20. The van der Waals surface area contributed by atoms with Crippen LogP contribution in [0.15, 0.2) is 22.7 Å². The maximum Gasteiger partial charge on any atom is 0.417 e. The molecule has 1 aromatic heterocycles. The molecule has 0 saturated carbocycles. The van der Waals surface area contributed by atoms with Gasteiger partial charge in [0.1, 0.15) is 5.82 Å². The summed E-state index contributed by atoms with van der Waals surface area (Å²) >= 11 is 3.06. The highest BCUT2D eigenvalue weighted by molar-refractivity contribution is 9.10. The Kier molecular flexibility index (Phi) is 3.39. The van der Waals surface area contributed by atoms with Crippen LogP contribution < -0.4 is 5.73 Å². The lowest BCUT2D eigenvalue weighted by Gasteiger charge is -2.14. The number of rotatable bonds is 1. The molecule has 0 bridgehead atoms. The summed E-state index contributed by atoms with van der Waals surface area (Å²) in [5.41, 5.74) is 6.66. The highest BCUT2D eigenvalue weighted by Gasteiger charge is 2.35. The SMILES string of the molecule is Nc1nc(-c2ccc(Br)cc2C(F)(F)F)nc2c1CCC2. The molecule has 2 aromatic rings. The Morgan fingerprint density at radius 1 is 1.14 bits per heavy atom. The van der Waals surface area contributed by atoms with Crippen molar-refractivity contribution in [3.8, 4) is 11.4 Å². The van der Waals surface area contributed by atoms with Gasteiger partial charge in [0, 0.05) is 21.3 Å². The Labute approximate surface area is 127 Å². The molecular formula is C14H11BrF3N3. The molecule has 0 fully saturated rings. The molecule has 0 unspecified atom stereocenters. The Bertz CT molecular complexity index is 713. The summed E-state index contributed by atoms with van der Waals surface area (Å²) in [4.78, 5) is 8.35. The summed E-state index contributed by atoms with van der Waals surface area (Å²) < 4.78 is 39.9. The zero-order valence-corrected chi connectivity index (χ0v) is 12.4. The average Bonchev–Trinajstić information content (AvgIpc) is 2.86. The molecule has 1 heterocycles. The molecular weight excluding hydrogens is 347 g/mol. The number of nitrogen functional groups attached to an aromatic ring is 1. The Morgan fingerprint density at radius 3 is 2.62 bits per heavy atom. The number of benzene rings is 1. The van der Waals surface area contributed by atoms with Crippen molar-refractivity contribution >= 4 is 21.7 Å². The van der Waals surface area contributed by atoms with E-state index in [0.29, 0.717) is 4.47 Å². The van der Waals surface area contributed by atoms with E-state index in [1.165, 1.54) is 12.1 Å². The first-order valence-electron chi connectivity index (χ1n) is 6.38. The first-order valence-corrected chi connectivity index (χ1v) is 7.18. The molecule has 1 aliphatic carbocycles. The number of anilines is 1. The zero-order chi connectivity index (χ0) is 15.2. The van der Waals surface area contributed by atoms with Crippen LogP contribution >= 0.6 is 15.9 Å². The number of aryl methyl sites for hydroxylation is 1. The molecule has 110 valence electrons. The van der Waals surface area contributed by atoms with Crippen LogP contribution in [0, 0.1) is 0 Å². The van der Waals surface area contributed by atoms with Crippen LogP contribution in [0.25, 0.3) is 11.4 Å². The van der Waals surface area contributed by atoms with E-state index in [-0.39, 0.29) is 17.2 Å². The number of hydrogen-bond acceptors (Lipinski definition) is 3. The van der Waals surface area contributed by atoms with Gasteiger partial charge in [0.05, 0.1) is 5.56 Å². The van der Waals surface area contributed by atoms with Gasteiger partial charge in [0.2, 0.25) is 0 Å². The summed E-state index contributed by atoms with van der Waals surface area (Å²) in [6.45, 7) is 0. The molecule has 1 aromatic carbocycles. The second kappa shape index (κ2) is 4.98. The Morgan fingerprint density at radius 2 is 1.90 bits per heavy atom. The predicted octanol–water partition coefficient (Wildman–Crippen LogP) is 4.00. The van der Waals surface area contributed by atoms with Crippen LogP contribution in [0.5, 0.6) is 0 Å². The summed E-state index contributed by atoms with van der Waals surface area (Å²) in [5.74, 6) is 0.316. The van der Waals surface area contributed by atoms with E-state index in [1.54, 1.807) is 0 Å². The van der Waals surface area contributed by atoms with Gasteiger partial charge in [-0.2, -0.15) is 13.2 Å². The summed E-state index contributed by atoms with van der Waals surface area (Å²) in [6, 6.07) is 3.93. The number of hydrogen-bond donors (Lipinski definition) is 1. The van der Waals surface area contributed by atoms with Crippen LogP contribution in [0.4, 0.5) is 19.0 Å². The highest BCUT2D eigenvalue weighted by Crippen LogP contribution is 2.38. The molecule has 0 amide bonds. The summed E-state index contributed by atoms with van der Waals surface area (Å²) in [6.07, 6.45) is -2.05. The van der Waals surface area contributed by atoms with E-state index in [9.17, 15) is 13.2 Å². The summed E-state index contributed by atoms with van der Waals surface area (Å²) in [7, 11) is 0. The third-order valence-corrected chi connectivity index (χ3v) is 3.99. The molecule has 0 aliphatic heterocycles.